The highest BCUT2D eigenvalue weighted by molar-refractivity contribution is 7.86. The Kier molecular flexibility index (Phi) is 4.85. The topological polar surface area (TPSA) is 64.1 Å². The zero-order valence-corrected chi connectivity index (χ0v) is 13.5. The second-order valence-electron chi connectivity index (χ2n) is 6.49. The van der Waals surface area contributed by atoms with Crippen LogP contribution in [0.2, 0.25) is 0 Å². The van der Waals surface area contributed by atoms with Gasteiger partial charge in [-0.3, -0.25) is 4.90 Å². The van der Waals surface area contributed by atoms with E-state index >= 15 is 0 Å². The lowest BCUT2D eigenvalue weighted by molar-refractivity contribution is 0.146. The molecule has 2 unspecified atom stereocenters. The van der Waals surface area contributed by atoms with E-state index in [0.717, 1.165) is 45.2 Å². The summed E-state index contributed by atoms with van der Waals surface area (Å²) in [7, 11) is -3.43. The van der Waals surface area contributed by atoms with Crippen molar-refractivity contribution in [2.24, 2.45) is 0 Å². The normalized spacial score (nSPS) is 33.8. The summed E-state index contributed by atoms with van der Waals surface area (Å²) in [5.74, 6) is 0. The highest BCUT2D eigenvalue weighted by atomic mass is 32.2. The third kappa shape index (κ3) is 3.12. The minimum atomic E-state index is -3.43. The molecule has 0 saturated carbocycles. The van der Waals surface area contributed by atoms with Crippen molar-refractivity contribution in [3.63, 3.8) is 0 Å². The van der Waals surface area contributed by atoms with Crippen LogP contribution < -0.4 is 0 Å². The molecular weight excluding hydrogens is 290 g/mol. The monoisotopic (exact) mass is 317 g/mol. The van der Waals surface area contributed by atoms with Crippen molar-refractivity contribution in [1.82, 2.24) is 13.5 Å². The number of rotatable bonds is 3. The quantitative estimate of drug-likeness (QED) is 0.810. The standard InChI is InChI=1S/C14H27N3O3S/c18-12-14-5-1-2-10-17(14)21(19,20)16-9-4-8-15-7-3-6-13(15)11-16/h13-14,18H,1-12H2. The third-order valence-corrected chi connectivity index (χ3v) is 7.23. The van der Waals surface area contributed by atoms with E-state index in [0.29, 0.717) is 25.7 Å². The molecule has 0 bridgehead atoms. The molecule has 7 heteroatoms. The summed E-state index contributed by atoms with van der Waals surface area (Å²) in [6, 6.07) is 0.159. The minimum Gasteiger partial charge on any atom is -0.395 e. The highest BCUT2D eigenvalue weighted by Crippen LogP contribution is 2.27. The molecule has 0 spiro atoms. The Morgan fingerprint density at radius 2 is 1.76 bits per heavy atom. The van der Waals surface area contributed by atoms with Crippen molar-refractivity contribution < 1.29 is 13.5 Å². The zero-order valence-electron chi connectivity index (χ0n) is 12.7. The van der Waals surface area contributed by atoms with Gasteiger partial charge in [0.05, 0.1) is 6.61 Å². The lowest BCUT2D eigenvalue weighted by Gasteiger charge is -2.37. The Morgan fingerprint density at radius 3 is 2.57 bits per heavy atom. The summed E-state index contributed by atoms with van der Waals surface area (Å²) in [4.78, 5) is 2.44. The van der Waals surface area contributed by atoms with E-state index in [-0.39, 0.29) is 12.6 Å². The first-order valence-electron chi connectivity index (χ1n) is 8.25. The predicted octanol–water partition coefficient (Wildman–Crippen LogP) is 0.248. The third-order valence-electron chi connectivity index (χ3n) is 5.17. The molecule has 0 aromatic carbocycles. The molecule has 6 nitrogen and oxygen atoms in total. The Morgan fingerprint density at radius 1 is 0.952 bits per heavy atom. The zero-order chi connectivity index (χ0) is 14.9. The summed E-state index contributed by atoms with van der Waals surface area (Å²) >= 11 is 0. The second kappa shape index (κ2) is 6.50. The van der Waals surface area contributed by atoms with E-state index < -0.39 is 10.2 Å². The van der Waals surface area contributed by atoms with Crippen LogP contribution in [0.3, 0.4) is 0 Å². The van der Waals surface area contributed by atoms with Crippen molar-refractivity contribution in [3.8, 4) is 0 Å². The number of fused-ring (bicyclic) bond motifs is 1. The van der Waals surface area contributed by atoms with Crippen LogP contribution in [0.5, 0.6) is 0 Å². The lowest BCUT2D eigenvalue weighted by atomic mass is 10.1. The average Bonchev–Trinajstić information content (AvgIpc) is 2.83. The van der Waals surface area contributed by atoms with Crippen LogP contribution in [0.25, 0.3) is 0 Å². The van der Waals surface area contributed by atoms with E-state index in [4.69, 9.17) is 0 Å². The van der Waals surface area contributed by atoms with Crippen LogP contribution in [0.4, 0.5) is 0 Å². The van der Waals surface area contributed by atoms with Crippen molar-refractivity contribution in [2.45, 2.75) is 50.6 Å². The summed E-state index contributed by atoms with van der Waals surface area (Å²) in [6.45, 7) is 3.85. The SMILES string of the molecule is O=S(=O)(N1CCCN2CCCC2C1)N1CCCCC1CO. The van der Waals surface area contributed by atoms with Gasteiger partial charge in [0.15, 0.2) is 0 Å². The molecule has 3 fully saturated rings. The smallest absolute Gasteiger partial charge is 0.282 e. The van der Waals surface area contributed by atoms with E-state index in [1.165, 1.54) is 6.42 Å². The van der Waals surface area contributed by atoms with Gasteiger partial charge >= 0.3 is 0 Å². The predicted molar refractivity (Wildman–Crippen MR) is 81.1 cm³/mol. The largest absolute Gasteiger partial charge is 0.395 e. The fraction of sp³-hybridized carbons (Fsp3) is 1.00. The average molecular weight is 317 g/mol. The van der Waals surface area contributed by atoms with Crippen LogP contribution in [0, 0.1) is 0 Å². The van der Waals surface area contributed by atoms with Crippen LogP contribution in [0.1, 0.15) is 38.5 Å². The maximum Gasteiger partial charge on any atom is 0.282 e. The molecule has 122 valence electrons. The summed E-state index contributed by atoms with van der Waals surface area (Å²) in [6.07, 6.45) is 5.89. The Balaban J connectivity index is 1.76. The molecule has 3 aliphatic rings. The van der Waals surface area contributed by atoms with Gasteiger partial charge in [-0.15, -0.1) is 0 Å². The van der Waals surface area contributed by atoms with Crippen LogP contribution >= 0.6 is 0 Å². The van der Waals surface area contributed by atoms with Crippen molar-refractivity contribution in [2.75, 3.05) is 39.3 Å². The number of piperidine rings is 1. The molecule has 0 amide bonds. The fourth-order valence-corrected chi connectivity index (χ4v) is 5.92. The van der Waals surface area contributed by atoms with Gasteiger partial charge in [-0.05, 0) is 45.2 Å². The first-order chi connectivity index (χ1) is 10.1. The van der Waals surface area contributed by atoms with Gasteiger partial charge in [-0.2, -0.15) is 17.0 Å². The summed E-state index contributed by atoms with van der Waals surface area (Å²) < 4.78 is 29.2. The van der Waals surface area contributed by atoms with Crippen LogP contribution in [-0.4, -0.2) is 78.4 Å². The number of hydrogen-bond acceptors (Lipinski definition) is 4. The van der Waals surface area contributed by atoms with E-state index in [1.807, 2.05) is 0 Å². The number of aliphatic hydroxyl groups is 1. The van der Waals surface area contributed by atoms with Crippen molar-refractivity contribution >= 4 is 10.2 Å². The number of nitrogens with zero attached hydrogens (tertiary/aromatic N) is 3. The molecule has 3 rings (SSSR count). The molecular formula is C14H27N3O3S. The van der Waals surface area contributed by atoms with Crippen molar-refractivity contribution in [1.29, 1.82) is 0 Å². The van der Waals surface area contributed by atoms with Gasteiger partial charge in [-0.1, -0.05) is 6.42 Å². The molecule has 3 heterocycles. The molecule has 0 radical (unpaired) electrons. The highest BCUT2D eigenvalue weighted by Gasteiger charge is 2.39. The lowest BCUT2D eigenvalue weighted by Crippen LogP contribution is -2.53. The van der Waals surface area contributed by atoms with Crippen LogP contribution in [0.15, 0.2) is 0 Å². The van der Waals surface area contributed by atoms with Crippen molar-refractivity contribution in [3.05, 3.63) is 0 Å². The number of aliphatic hydroxyl groups excluding tert-OH is 1. The first-order valence-corrected chi connectivity index (χ1v) is 9.64. The van der Waals surface area contributed by atoms with Gasteiger partial charge < -0.3 is 5.11 Å². The molecule has 3 aliphatic heterocycles. The summed E-state index contributed by atoms with van der Waals surface area (Å²) in [5.41, 5.74) is 0. The molecule has 3 saturated heterocycles. The van der Waals surface area contributed by atoms with E-state index in [9.17, 15) is 13.5 Å². The Labute approximate surface area is 127 Å². The number of hydrogen-bond donors (Lipinski definition) is 1. The maximum atomic E-state index is 13.0. The fourth-order valence-electron chi connectivity index (χ4n) is 3.99. The molecule has 2 atom stereocenters. The van der Waals surface area contributed by atoms with Gasteiger partial charge in [0.25, 0.3) is 10.2 Å². The molecule has 1 N–H and O–H groups in total. The van der Waals surface area contributed by atoms with Crippen LogP contribution in [-0.2, 0) is 10.2 Å². The van der Waals surface area contributed by atoms with E-state index in [1.54, 1.807) is 8.61 Å². The molecule has 0 aromatic heterocycles. The van der Waals surface area contributed by atoms with Gasteiger partial charge in [0, 0.05) is 31.7 Å². The van der Waals surface area contributed by atoms with Gasteiger partial charge in [0.2, 0.25) is 0 Å². The Hall–Kier alpha value is -0.210. The maximum absolute atomic E-state index is 13.0. The van der Waals surface area contributed by atoms with Gasteiger partial charge in [-0.25, -0.2) is 0 Å². The summed E-state index contributed by atoms with van der Waals surface area (Å²) in [5, 5.41) is 9.50. The molecule has 21 heavy (non-hydrogen) atoms. The second-order valence-corrected chi connectivity index (χ2v) is 8.38. The first kappa shape index (κ1) is 15.7. The molecule has 0 aromatic rings. The molecule has 0 aliphatic carbocycles. The van der Waals surface area contributed by atoms with E-state index in [2.05, 4.69) is 4.90 Å². The Bertz CT molecular complexity index is 456. The van der Waals surface area contributed by atoms with Gasteiger partial charge in [0.1, 0.15) is 0 Å². The minimum absolute atomic E-state index is 0.0668.